The number of nitrogens with two attached hydrogens (primary N) is 1. The van der Waals surface area contributed by atoms with Gasteiger partial charge in [-0.15, -0.1) is 0 Å². The molecule has 0 aliphatic carbocycles. The molecule has 2 aromatic rings. The molecular weight excluding hydrogens is 316 g/mol. The van der Waals surface area contributed by atoms with Crippen molar-refractivity contribution >= 4 is 17.3 Å². The van der Waals surface area contributed by atoms with Crippen molar-refractivity contribution in [2.75, 3.05) is 24.3 Å². The molecule has 0 aromatic heterocycles. The van der Waals surface area contributed by atoms with Crippen LogP contribution in [0, 0.1) is 6.92 Å². The van der Waals surface area contributed by atoms with Gasteiger partial charge < -0.3 is 20.5 Å². The lowest BCUT2D eigenvalue weighted by molar-refractivity contribution is 0.0143. The molecule has 5 nitrogen and oxygen atoms in total. The van der Waals surface area contributed by atoms with Crippen molar-refractivity contribution in [1.29, 1.82) is 0 Å². The first kappa shape index (κ1) is 19.0. The summed E-state index contributed by atoms with van der Waals surface area (Å²) in [7, 11) is 0. The Kier molecular flexibility index (Phi) is 6.98. The highest BCUT2D eigenvalue weighted by atomic mass is 16.5. The summed E-state index contributed by atoms with van der Waals surface area (Å²) >= 11 is 0. The third-order valence-electron chi connectivity index (χ3n) is 3.64. The first-order chi connectivity index (χ1) is 12.0. The van der Waals surface area contributed by atoms with Gasteiger partial charge in [0.05, 0.1) is 25.9 Å². The van der Waals surface area contributed by atoms with Crippen LogP contribution in [0.3, 0.4) is 0 Å². The number of rotatable bonds is 8. The minimum absolute atomic E-state index is 0.173. The van der Waals surface area contributed by atoms with E-state index in [1.807, 2.05) is 51.1 Å². The highest BCUT2D eigenvalue weighted by Crippen LogP contribution is 2.17. The van der Waals surface area contributed by atoms with Crippen molar-refractivity contribution in [2.24, 2.45) is 0 Å². The van der Waals surface area contributed by atoms with Gasteiger partial charge in [0.15, 0.2) is 0 Å². The molecule has 1 amide bonds. The normalized spacial score (nSPS) is 10.9. The third-order valence-corrected chi connectivity index (χ3v) is 3.64. The number of amides is 1. The minimum Gasteiger partial charge on any atom is -0.399 e. The Hall–Kier alpha value is -2.37. The Morgan fingerprint density at radius 2 is 1.96 bits per heavy atom. The van der Waals surface area contributed by atoms with E-state index in [2.05, 4.69) is 5.32 Å². The number of hydrogen-bond acceptors (Lipinski definition) is 4. The smallest absolute Gasteiger partial charge is 0.256 e. The van der Waals surface area contributed by atoms with Crippen LogP contribution in [-0.2, 0) is 16.1 Å². The molecule has 0 heterocycles. The third kappa shape index (κ3) is 6.21. The number of hydrogen-bond donors (Lipinski definition) is 2. The fourth-order valence-corrected chi connectivity index (χ4v) is 2.35. The Morgan fingerprint density at radius 1 is 1.16 bits per heavy atom. The highest BCUT2D eigenvalue weighted by molar-refractivity contribution is 6.05. The lowest BCUT2D eigenvalue weighted by atomic mass is 10.1. The average molecular weight is 342 g/mol. The summed E-state index contributed by atoms with van der Waals surface area (Å²) in [6.07, 6.45) is 0.206. The van der Waals surface area contributed by atoms with Gasteiger partial charge in [-0.3, -0.25) is 4.79 Å². The SMILES string of the molecule is Cc1ccc(N)cc1C(=O)Nc1cccc(COCCOC(C)C)c1. The van der Waals surface area contributed by atoms with E-state index >= 15 is 0 Å². The molecule has 0 aliphatic heterocycles. The molecule has 134 valence electrons. The van der Waals surface area contributed by atoms with E-state index in [-0.39, 0.29) is 12.0 Å². The molecule has 0 bridgehead atoms. The Labute approximate surface area is 149 Å². The maximum absolute atomic E-state index is 12.4. The van der Waals surface area contributed by atoms with Crippen molar-refractivity contribution in [2.45, 2.75) is 33.5 Å². The maximum atomic E-state index is 12.4. The van der Waals surface area contributed by atoms with Gasteiger partial charge in [0.25, 0.3) is 5.91 Å². The summed E-state index contributed by atoms with van der Waals surface area (Å²) in [6.45, 7) is 7.46. The summed E-state index contributed by atoms with van der Waals surface area (Å²) in [5.74, 6) is -0.173. The molecule has 25 heavy (non-hydrogen) atoms. The van der Waals surface area contributed by atoms with Gasteiger partial charge in [-0.1, -0.05) is 18.2 Å². The van der Waals surface area contributed by atoms with Crippen LogP contribution in [0.2, 0.25) is 0 Å². The molecule has 3 N–H and O–H groups in total. The molecule has 5 heteroatoms. The van der Waals surface area contributed by atoms with Crippen LogP contribution in [0.1, 0.15) is 35.3 Å². The molecule has 0 spiro atoms. The summed E-state index contributed by atoms with van der Waals surface area (Å²) in [4.78, 5) is 12.4. The van der Waals surface area contributed by atoms with E-state index in [9.17, 15) is 4.79 Å². The number of nitrogen functional groups attached to an aromatic ring is 1. The van der Waals surface area contributed by atoms with Crippen LogP contribution in [0.5, 0.6) is 0 Å². The van der Waals surface area contributed by atoms with Crippen LogP contribution in [-0.4, -0.2) is 25.2 Å². The number of aryl methyl sites for hydroxylation is 1. The van der Waals surface area contributed by atoms with Crippen molar-refractivity contribution in [3.05, 3.63) is 59.2 Å². The monoisotopic (exact) mass is 342 g/mol. The minimum atomic E-state index is -0.173. The van der Waals surface area contributed by atoms with Crippen molar-refractivity contribution < 1.29 is 14.3 Å². The second-order valence-electron chi connectivity index (χ2n) is 6.20. The van der Waals surface area contributed by atoms with E-state index in [0.29, 0.717) is 31.1 Å². The van der Waals surface area contributed by atoms with Crippen molar-refractivity contribution in [3.63, 3.8) is 0 Å². The van der Waals surface area contributed by atoms with E-state index in [1.165, 1.54) is 0 Å². The standard InChI is InChI=1S/C20H26N2O3/c1-14(2)25-10-9-24-13-16-5-4-6-18(11-16)22-20(23)19-12-17(21)8-7-15(19)3/h4-8,11-12,14H,9-10,13,21H2,1-3H3,(H,22,23). The Balaban J connectivity index is 1.92. The largest absolute Gasteiger partial charge is 0.399 e. The molecule has 0 aliphatic rings. The number of anilines is 2. The topological polar surface area (TPSA) is 73.6 Å². The molecule has 0 saturated carbocycles. The van der Waals surface area contributed by atoms with Crippen molar-refractivity contribution in [3.8, 4) is 0 Å². The highest BCUT2D eigenvalue weighted by Gasteiger charge is 2.10. The molecule has 0 radical (unpaired) electrons. The first-order valence-corrected chi connectivity index (χ1v) is 8.41. The van der Waals surface area contributed by atoms with E-state index in [0.717, 1.165) is 16.8 Å². The number of nitrogens with one attached hydrogen (secondary N) is 1. The molecule has 0 fully saturated rings. The van der Waals surface area contributed by atoms with Gasteiger partial charge >= 0.3 is 0 Å². The van der Waals surface area contributed by atoms with Crippen molar-refractivity contribution in [1.82, 2.24) is 0 Å². The van der Waals surface area contributed by atoms with Crippen LogP contribution in [0.25, 0.3) is 0 Å². The van der Waals surface area contributed by atoms with Gasteiger partial charge in [-0.2, -0.15) is 0 Å². The first-order valence-electron chi connectivity index (χ1n) is 8.41. The fraction of sp³-hybridized carbons (Fsp3) is 0.350. The quantitative estimate of drug-likeness (QED) is 0.566. The van der Waals surface area contributed by atoms with E-state index < -0.39 is 0 Å². The zero-order chi connectivity index (χ0) is 18.2. The fourth-order valence-electron chi connectivity index (χ4n) is 2.35. The van der Waals surface area contributed by atoms with Crippen LogP contribution < -0.4 is 11.1 Å². The van der Waals surface area contributed by atoms with Gasteiger partial charge in [-0.05, 0) is 56.2 Å². The second kappa shape index (κ2) is 9.20. The van der Waals surface area contributed by atoms with Gasteiger partial charge in [0.1, 0.15) is 0 Å². The van der Waals surface area contributed by atoms with Crippen LogP contribution in [0.4, 0.5) is 11.4 Å². The van der Waals surface area contributed by atoms with E-state index in [4.69, 9.17) is 15.2 Å². The molecule has 0 saturated heterocycles. The lowest BCUT2D eigenvalue weighted by Gasteiger charge is -2.11. The summed E-state index contributed by atoms with van der Waals surface area (Å²) in [5, 5.41) is 2.91. The zero-order valence-electron chi connectivity index (χ0n) is 15.0. The van der Waals surface area contributed by atoms with E-state index in [1.54, 1.807) is 12.1 Å². The van der Waals surface area contributed by atoms with Gasteiger partial charge in [0, 0.05) is 16.9 Å². The van der Waals surface area contributed by atoms with Crippen LogP contribution in [0.15, 0.2) is 42.5 Å². The molecule has 2 rings (SSSR count). The number of carbonyl (C=O) groups excluding carboxylic acids is 1. The second-order valence-corrected chi connectivity index (χ2v) is 6.20. The Bertz CT molecular complexity index is 714. The molecule has 0 atom stereocenters. The average Bonchev–Trinajstić information content (AvgIpc) is 2.56. The van der Waals surface area contributed by atoms with Crippen LogP contribution >= 0.6 is 0 Å². The summed E-state index contributed by atoms with van der Waals surface area (Å²) in [5.41, 5.74) is 9.53. The zero-order valence-corrected chi connectivity index (χ0v) is 15.0. The predicted octanol–water partition coefficient (Wildman–Crippen LogP) is 3.77. The number of ether oxygens (including phenoxy) is 2. The number of benzene rings is 2. The maximum Gasteiger partial charge on any atom is 0.256 e. The summed E-state index contributed by atoms with van der Waals surface area (Å²) < 4.78 is 11.0. The Morgan fingerprint density at radius 3 is 2.72 bits per heavy atom. The molecule has 2 aromatic carbocycles. The molecule has 0 unspecified atom stereocenters. The molecular formula is C20H26N2O3. The predicted molar refractivity (Wildman–Crippen MR) is 101 cm³/mol. The van der Waals surface area contributed by atoms with Gasteiger partial charge in [0.2, 0.25) is 0 Å². The van der Waals surface area contributed by atoms with Gasteiger partial charge in [-0.25, -0.2) is 0 Å². The lowest BCUT2D eigenvalue weighted by Crippen LogP contribution is -2.14. The number of carbonyl (C=O) groups is 1. The summed E-state index contributed by atoms with van der Waals surface area (Å²) in [6, 6.07) is 12.9.